The third kappa shape index (κ3) is 3.01. The van der Waals surface area contributed by atoms with Crippen LogP contribution in [0.4, 0.5) is 0 Å². The second-order valence-corrected chi connectivity index (χ2v) is 6.16. The fourth-order valence-corrected chi connectivity index (χ4v) is 3.70. The minimum absolute atomic E-state index is 0.758. The zero-order valence-corrected chi connectivity index (χ0v) is 10.2. The van der Waals surface area contributed by atoms with E-state index in [1.807, 2.05) is 0 Å². The predicted octanol–water partition coefficient (Wildman–Crippen LogP) is 2.77. The van der Waals surface area contributed by atoms with E-state index >= 15 is 0 Å². The maximum atomic E-state index is 3.63. The average Bonchev–Trinajstić information content (AvgIpc) is 2.77. The van der Waals surface area contributed by atoms with Gasteiger partial charge in [-0.3, -0.25) is 0 Å². The first-order valence-corrected chi connectivity index (χ1v) is 7.20. The first-order chi connectivity index (χ1) is 6.84. The molecule has 1 aliphatic heterocycles. The number of nitrogens with one attached hydrogen (secondary N) is 1. The number of thiophene rings is 1. The first-order valence-electron chi connectivity index (χ1n) is 5.20. The van der Waals surface area contributed by atoms with Crippen LogP contribution in [0.2, 0.25) is 0 Å². The molecule has 0 spiro atoms. The number of rotatable bonds is 4. The van der Waals surface area contributed by atoms with Crippen LogP contribution in [-0.2, 0) is 6.42 Å². The molecule has 0 bridgehead atoms. The van der Waals surface area contributed by atoms with Gasteiger partial charge in [0.2, 0.25) is 0 Å². The number of hydrogen-bond donors (Lipinski definition) is 1. The first kappa shape index (κ1) is 10.5. The highest BCUT2D eigenvalue weighted by Crippen LogP contribution is 2.25. The van der Waals surface area contributed by atoms with Gasteiger partial charge in [-0.25, -0.2) is 0 Å². The highest BCUT2D eigenvalue weighted by atomic mass is 32.2. The van der Waals surface area contributed by atoms with E-state index < -0.39 is 0 Å². The van der Waals surface area contributed by atoms with Gasteiger partial charge >= 0.3 is 0 Å². The van der Waals surface area contributed by atoms with E-state index in [4.69, 9.17) is 0 Å². The van der Waals surface area contributed by atoms with E-state index in [1.165, 1.54) is 24.2 Å². The molecule has 1 nitrogen and oxygen atoms in total. The summed E-state index contributed by atoms with van der Waals surface area (Å²) in [6, 6.07) is 2.98. The van der Waals surface area contributed by atoms with Crippen LogP contribution in [0.1, 0.15) is 18.9 Å². The van der Waals surface area contributed by atoms with Gasteiger partial charge in [-0.1, -0.05) is 6.92 Å². The van der Waals surface area contributed by atoms with Crippen molar-refractivity contribution in [1.82, 2.24) is 5.32 Å². The Morgan fingerprint density at radius 2 is 2.50 bits per heavy atom. The van der Waals surface area contributed by atoms with E-state index in [1.54, 1.807) is 11.3 Å². The molecule has 2 rings (SSSR count). The molecule has 2 unspecified atom stereocenters. The third-order valence-electron chi connectivity index (χ3n) is 2.63. The molecule has 0 aromatic carbocycles. The highest BCUT2D eigenvalue weighted by Gasteiger charge is 2.20. The maximum absolute atomic E-state index is 3.63. The summed E-state index contributed by atoms with van der Waals surface area (Å²) < 4.78 is 0. The van der Waals surface area contributed by atoms with Gasteiger partial charge in [0.25, 0.3) is 0 Å². The quantitative estimate of drug-likeness (QED) is 0.849. The summed E-state index contributed by atoms with van der Waals surface area (Å²) in [6.45, 7) is 3.46. The molecule has 1 aliphatic rings. The Labute approximate surface area is 94.3 Å². The molecular formula is C11H17NS2. The third-order valence-corrected chi connectivity index (χ3v) is 4.71. The lowest BCUT2D eigenvalue weighted by atomic mass is 10.2. The summed E-state index contributed by atoms with van der Waals surface area (Å²) in [6.07, 6.45) is 2.52. The Bertz CT molecular complexity index is 258. The summed E-state index contributed by atoms with van der Waals surface area (Å²) >= 11 is 3.88. The van der Waals surface area contributed by atoms with Crippen molar-refractivity contribution in [3.8, 4) is 0 Å². The largest absolute Gasteiger partial charge is 0.313 e. The van der Waals surface area contributed by atoms with Crippen LogP contribution >= 0.6 is 23.1 Å². The van der Waals surface area contributed by atoms with Crippen molar-refractivity contribution < 1.29 is 0 Å². The van der Waals surface area contributed by atoms with Crippen molar-refractivity contribution in [2.45, 2.75) is 31.1 Å². The van der Waals surface area contributed by atoms with Crippen LogP contribution in [0, 0.1) is 0 Å². The van der Waals surface area contributed by atoms with Crippen molar-refractivity contribution in [2.24, 2.45) is 0 Å². The van der Waals surface area contributed by atoms with Gasteiger partial charge in [0.1, 0.15) is 0 Å². The lowest BCUT2D eigenvalue weighted by Crippen LogP contribution is -2.30. The summed E-state index contributed by atoms with van der Waals surface area (Å²) in [5, 5.41) is 8.89. The zero-order valence-electron chi connectivity index (χ0n) is 8.53. The minimum Gasteiger partial charge on any atom is -0.313 e. The van der Waals surface area contributed by atoms with E-state index in [9.17, 15) is 0 Å². The van der Waals surface area contributed by atoms with Gasteiger partial charge in [0, 0.05) is 17.0 Å². The SMILES string of the molecule is CC1CC(NCCc2ccsc2)CS1. The zero-order chi connectivity index (χ0) is 9.80. The molecule has 3 heteroatoms. The fraction of sp³-hybridized carbons (Fsp3) is 0.636. The molecule has 0 saturated carbocycles. The van der Waals surface area contributed by atoms with Crippen LogP contribution in [0.5, 0.6) is 0 Å². The molecule has 1 fully saturated rings. The highest BCUT2D eigenvalue weighted by molar-refractivity contribution is 8.00. The normalized spacial score (nSPS) is 26.9. The monoisotopic (exact) mass is 227 g/mol. The summed E-state index contributed by atoms with van der Waals surface area (Å²) in [7, 11) is 0. The molecule has 0 amide bonds. The second-order valence-electron chi connectivity index (χ2n) is 3.91. The maximum Gasteiger partial charge on any atom is 0.0168 e. The molecule has 0 radical (unpaired) electrons. The molecule has 14 heavy (non-hydrogen) atoms. The second kappa shape index (κ2) is 5.19. The topological polar surface area (TPSA) is 12.0 Å². The van der Waals surface area contributed by atoms with E-state index in [2.05, 4.69) is 40.8 Å². The smallest absolute Gasteiger partial charge is 0.0168 e. The van der Waals surface area contributed by atoms with E-state index in [-0.39, 0.29) is 0 Å². The van der Waals surface area contributed by atoms with Crippen molar-refractivity contribution in [3.05, 3.63) is 22.4 Å². The van der Waals surface area contributed by atoms with Crippen molar-refractivity contribution >= 4 is 23.1 Å². The molecular weight excluding hydrogens is 210 g/mol. The molecule has 78 valence electrons. The van der Waals surface area contributed by atoms with E-state index in [0.29, 0.717) is 0 Å². The van der Waals surface area contributed by atoms with Gasteiger partial charge in [0.15, 0.2) is 0 Å². The fourth-order valence-electron chi connectivity index (χ4n) is 1.81. The molecule has 1 aromatic rings. The van der Waals surface area contributed by atoms with Crippen LogP contribution in [0.15, 0.2) is 16.8 Å². The van der Waals surface area contributed by atoms with Crippen LogP contribution in [-0.4, -0.2) is 23.6 Å². The Morgan fingerprint density at radius 3 is 3.14 bits per heavy atom. The van der Waals surface area contributed by atoms with Crippen LogP contribution in [0.25, 0.3) is 0 Å². The van der Waals surface area contributed by atoms with Crippen LogP contribution < -0.4 is 5.32 Å². The van der Waals surface area contributed by atoms with Gasteiger partial charge in [0.05, 0.1) is 0 Å². The molecule has 1 aromatic heterocycles. The lowest BCUT2D eigenvalue weighted by Gasteiger charge is -2.10. The Morgan fingerprint density at radius 1 is 1.57 bits per heavy atom. The van der Waals surface area contributed by atoms with Gasteiger partial charge in [-0.15, -0.1) is 0 Å². The Hall–Kier alpha value is 0.01000. The molecule has 0 aliphatic carbocycles. The van der Waals surface area contributed by atoms with E-state index in [0.717, 1.165) is 17.8 Å². The summed E-state index contributed by atoms with van der Waals surface area (Å²) in [5.74, 6) is 1.30. The standard InChI is InChI=1S/C11H17NS2/c1-9-6-11(8-14-9)12-4-2-10-3-5-13-7-10/h3,5,7,9,11-12H,2,4,6,8H2,1H3. The van der Waals surface area contributed by atoms with Crippen molar-refractivity contribution in [1.29, 1.82) is 0 Å². The van der Waals surface area contributed by atoms with Crippen molar-refractivity contribution in [2.75, 3.05) is 12.3 Å². The summed E-state index contributed by atoms with van der Waals surface area (Å²) in [5.41, 5.74) is 1.47. The minimum atomic E-state index is 0.758. The van der Waals surface area contributed by atoms with Gasteiger partial charge < -0.3 is 5.32 Å². The van der Waals surface area contributed by atoms with Crippen LogP contribution in [0.3, 0.4) is 0 Å². The van der Waals surface area contributed by atoms with Gasteiger partial charge in [-0.2, -0.15) is 23.1 Å². The molecule has 1 saturated heterocycles. The predicted molar refractivity (Wildman–Crippen MR) is 66.4 cm³/mol. The number of hydrogen-bond acceptors (Lipinski definition) is 3. The average molecular weight is 227 g/mol. The molecule has 2 atom stereocenters. The molecule has 1 N–H and O–H groups in total. The van der Waals surface area contributed by atoms with Gasteiger partial charge in [-0.05, 0) is 41.8 Å². The Balaban J connectivity index is 1.64. The Kier molecular flexibility index (Phi) is 3.90. The van der Waals surface area contributed by atoms with Crippen molar-refractivity contribution in [3.63, 3.8) is 0 Å². The number of thioether (sulfide) groups is 1. The molecule has 2 heterocycles. The lowest BCUT2D eigenvalue weighted by molar-refractivity contribution is 0.542. The summed E-state index contributed by atoms with van der Waals surface area (Å²) in [4.78, 5) is 0.